The summed E-state index contributed by atoms with van der Waals surface area (Å²) in [6.45, 7) is 4.19. The van der Waals surface area contributed by atoms with Crippen molar-refractivity contribution in [3.05, 3.63) is 75.3 Å². The molecule has 2 fully saturated rings. The smallest absolute Gasteiger partial charge is 0.293 e. The summed E-state index contributed by atoms with van der Waals surface area (Å²) in [7, 11) is 0. The second-order valence-corrected chi connectivity index (χ2v) is 11.0. The van der Waals surface area contributed by atoms with Gasteiger partial charge in [-0.1, -0.05) is 61.7 Å². The fraction of sp³-hybridized carbons (Fsp3) is 0.345. The first-order valence-corrected chi connectivity index (χ1v) is 14.0. The molecular formula is C29H30ClN3O3S. The van der Waals surface area contributed by atoms with E-state index in [-0.39, 0.29) is 30.1 Å². The number of hydrogen-bond donors (Lipinski definition) is 0. The SMILES string of the molecule is CCc1cccc2c(/C=C3\SC(=O)N(Cc4ccc(Cl)cc4)C3=O)cn(CC(=O)N3CCCCCC3)c12. The lowest BCUT2D eigenvalue weighted by molar-refractivity contribution is -0.131. The van der Waals surface area contributed by atoms with Crippen molar-refractivity contribution in [3.63, 3.8) is 0 Å². The van der Waals surface area contributed by atoms with Gasteiger partial charge in [-0.05, 0) is 60.4 Å². The molecule has 0 bridgehead atoms. The maximum Gasteiger partial charge on any atom is 0.293 e. The van der Waals surface area contributed by atoms with Gasteiger partial charge in [0.1, 0.15) is 6.54 Å². The van der Waals surface area contributed by atoms with E-state index in [4.69, 9.17) is 11.6 Å². The fourth-order valence-electron chi connectivity index (χ4n) is 5.11. The van der Waals surface area contributed by atoms with Gasteiger partial charge in [-0.2, -0.15) is 0 Å². The van der Waals surface area contributed by atoms with Gasteiger partial charge in [0.05, 0.1) is 17.0 Å². The molecule has 2 aliphatic rings. The molecule has 192 valence electrons. The number of aromatic nitrogens is 1. The quantitative estimate of drug-likeness (QED) is 0.338. The Balaban J connectivity index is 1.45. The molecular weight excluding hydrogens is 506 g/mol. The molecule has 2 saturated heterocycles. The van der Waals surface area contributed by atoms with E-state index in [9.17, 15) is 14.4 Å². The lowest BCUT2D eigenvalue weighted by Gasteiger charge is -2.21. The summed E-state index contributed by atoms with van der Waals surface area (Å²) in [5, 5.41) is 1.29. The third kappa shape index (κ3) is 5.48. The first-order chi connectivity index (χ1) is 17.9. The number of para-hydroxylation sites is 1. The minimum Gasteiger partial charge on any atom is -0.341 e. The van der Waals surface area contributed by atoms with Crippen LogP contribution in [0.25, 0.3) is 17.0 Å². The molecule has 8 heteroatoms. The molecule has 0 aliphatic carbocycles. The van der Waals surface area contributed by atoms with Crippen LogP contribution in [0.3, 0.4) is 0 Å². The van der Waals surface area contributed by atoms with Gasteiger partial charge in [0, 0.05) is 35.3 Å². The van der Waals surface area contributed by atoms with E-state index in [0.717, 1.165) is 71.7 Å². The maximum atomic E-state index is 13.2. The van der Waals surface area contributed by atoms with E-state index in [2.05, 4.69) is 13.0 Å². The minimum atomic E-state index is -0.307. The minimum absolute atomic E-state index is 0.125. The Kier molecular flexibility index (Phi) is 7.72. The maximum absolute atomic E-state index is 13.2. The second-order valence-electron chi connectivity index (χ2n) is 9.57. The second kappa shape index (κ2) is 11.2. The van der Waals surface area contributed by atoms with Crippen LogP contribution in [0.15, 0.2) is 53.6 Å². The van der Waals surface area contributed by atoms with Gasteiger partial charge in [0.2, 0.25) is 5.91 Å². The predicted molar refractivity (Wildman–Crippen MR) is 149 cm³/mol. The lowest BCUT2D eigenvalue weighted by Crippen LogP contribution is -2.34. The third-order valence-electron chi connectivity index (χ3n) is 7.07. The van der Waals surface area contributed by atoms with Crippen molar-refractivity contribution in [1.29, 1.82) is 0 Å². The normalized spacial score (nSPS) is 17.7. The Morgan fingerprint density at radius 2 is 1.76 bits per heavy atom. The largest absolute Gasteiger partial charge is 0.341 e. The van der Waals surface area contributed by atoms with Crippen molar-refractivity contribution in [3.8, 4) is 0 Å². The third-order valence-corrected chi connectivity index (χ3v) is 8.23. The number of imide groups is 1. The summed E-state index contributed by atoms with van der Waals surface area (Å²) >= 11 is 6.92. The number of likely N-dealkylation sites (tertiary alicyclic amines) is 1. The van der Waals surface area contributed by atoms with Crippen molar-refractivity contribution < 1.29 is 14.4 Å². The van der Waals surface area contributed by atoms with E-state index in [1.165, 1.54) is 17.7 Å². The van der Waals surface area contributed by atoms with Crippen molar-refractivity contribution in [2.45, 2.75) is 52.1 Å². The van der Waals surface area contributed by atoms with Crippen LogP contribution in [0.5, 0.6) is 0 Å². The number of hydrogen-bond acceptors (Lipinski definition) is 4. The number of aryl methyl sites for hydroxylation is 1. The number of amides is 3. The fourth-order valence-corrected chi connectivity index (χ4v) is 6.06. The summed E-state index contributed by atoms with van der Waals surface area (Å²) < 4.78 is 2.02. The number of nitrogens with zero attached hydrogens (tertiary/aromatic N) is 3. The molecule has 0 radical (unpaired) electrons. The highest BCUT2D eigenvalue weighted by molar-refractivity contribution is 8.18. The zero-order valence-electron chi connectivity index (χ0n) is 20.9. The van der Waals surface area contributed by atoms with Crippen LogP contribution in [-0.4, -0.2) is 44.5 Å². The molecule has 3 heterocycles. The zero-order valence-corrected chi connectivity index (χ0v) is 22.5. The number of carbonyl (C=O) groups excluding carboxylic acids is 3. The van der Waals surface area contributed by atoms with Crippen LogP contribution in [0, 0.1) is 0 Å². The molecule has 37 heavy (non-hydrogen) atoms. The zero-order chi connectivity index (χ0) is 25.9. The number of halogens is 1. The van der Waals surface area contributed by atoms with E-state index in [1.54, 1.807) is 18.2 Å². The highest BCUT2D eigenvalue weighted by Gasteiger charge is 2.35. The molecule has 0 atom stereocenters. The molecule has 0 N–H and O–H groups in total. The number of fused-ring (bicyclic) bond motifs is 1. The van der Waals surface area contributed by atoms with Gasteiger partial charge < -0.3 is 9.47 Å². The first-order valence-electron chi connectivity index (χ1n) is 12.8. The Labute approximate surface area is 226 Å². The highest BCUT2D eigenvalue weighted by Crippen LogP contribution is 2.36. The Morgan fingerprint density at radius 3 is 2.46 bits per heavy atom. The van der Waals surface area contributed by atoms with Crippen LogP contribution in [-0.2, 0) is 29.1 Å². The Bertz CT molecular complexity index is 1370. The van der Waals surface area contributed by atoms with Crippen molar-refractivity contribution in [1.82, 2.24) is 14.4 Å². The van der Waals surface area contributed by atoms with Crippen LogP contribution < -0.4 is 0 Å². The summed E-state index contributed by atoms with van der Waals surface area (Å²) in [5.74, 6) is -0.183. The average Bonchev–Trinajstić information content (AvgIpc) is 3.20. The monoisotopic (exact) mass is 535 g/mol. The standard InChI is InChI=1S/C29H30ClN3O3S/c1-2-21-8-7-9-24-22(18-32(27(21)24)19-26(34)31-14-5-3-4-6-15-31)16-25-28(35)33(29(36)37-25)17-20-10-12-23(30)13-11-20/h7-13,16,18H,2-6,14-15,17,19H2,1H3/b25-16-. The van der Waals surface area contributed by atoms with Crippen molar-refractivity contribution in [2.24, 2.45) is 0 Å². The van der Waals surface area contributed by atoms with Gasteiger partial charge in [-0.25, -0.2) is 0 Å². The number of thioether (sulfide) groups is 1. The average molecular weight is 536 g/mol. The molecule has 3 aromatic rings. The topological polar surface area (TPSA) is 62.6 Å². The summed E-state index contributed by atoms with van der Waals surface area (Å²) in [5.41, 5.74) is 3.84. The molecule has 3 amide bonds. The van der Waals surface area contributed by atoms with Gasteiger partial charge in [-0.15, -0.1) is 0 Å². The number of carbonyl (C=O) groups is 3. The van der Waals surface area contributed by atoms with Crippen LogP contribution in [0.4, 0.5) is 4.79 Å². The Morgan fingerprint density at radius 1 is 1.03 bits per heavy atom. The van der Waals surface area contributed by atoms with Crippen LogP contribution >= 0.6 is 23.4 Å². The van der Waals surface area contributed by atoms with E-state index < -0.39 is 0 Å². The summed E-state index contributed by atoms with van der Waals surface area (Å²) in [6.07, 6.45) is 9.02. The van der Waals surface area contributed by atoms with Gasteiger partial charge in [0.15, 0.2) is 0 Å². The van der Waals surface area contributed by atoms with E-state index in [1.807, 2.05) is 39.9 Å². The van der Waals surface area contributed by atoms with Crippen LogP contribution in [0.2, 0.25) is 5.02 Å². The molecule has 2 aromatic carbocycles. The summed E-state index contributed by atoms with van der Waals surface area (Å²) in [4.78, 5) is 42.8. The highest BCUT2D eigenvalue weighted by atomic mass is 35.5. The number of benzene rings is 2. The molecule has 6 nitrogen and oxygen atoms in total. The Hall–Kier alpha value is -3.03. The van der Waals surface area contributed by atoms with Crippen molar-refractivity contribution in [2.75, 3.05) is 13.1 Å². The molecule has 0 saturated carbocycles. The van der Waals surface area contributed by atoms with Gasteiger partial charge >= 0.3 is 0 Å². The molecule has 1 aromatic heterocycles. The predicted octanol–water partition coefficient (Wildman–Crippen LogP) is 6.50. The van der Waals surface area contributed by atoms with E-state index in [0.29, 0.717) is 9.93 Å². The molecule has 0 spiro atoms. The first kappa shape index (κ1) is 25.6. The molecule has 2 aliphatic heterocycles. The van der Waals surface area contributed by atoms with E-state index >= 15 is 0 Å². The molecule has 5 rings (SSSR count). The summed E-state index contributed by atoms with van der Waals surface area (Å²) in [6, 6.07) is 13.2. The van der Waals surface area contributed by atoms with Crippen LogP contribution in [0.1, 0.15) is 49.3 Å². The lowest BCUT2D eigenvalue weighted by atomic mass is 10.1. The molecule has 0 unspecified atom stereocenters. The number of rotatable bonds is 6. The van der Waals surface area contributed by atoms with Gasteiger partial charge in [0.25, 0.3) is 11.1 Å². The van der Waals surface area contributed by atoms with Crippen molar-refractivity contribution >= 4 is 57.4 Å². The van der Waals surface area contributed by atoms with Gasteiger partial charge in [-0.3, -0.25) is 19.3 Å².